The highest BCUT2D eigenvalue weighted by molar-refractivity contribution is 9.10. The topological polar surface area (TPSA) is 21.3 Å². The average molecular weight is 344 g/mol. The van der Waals surface area contributed by atoms with E-state index in [4.69, 9.17) is 4.74 Å². The fraction of sp³-hybridized carbons (Fsp3) is 0.600. The van der Waals surface area contributed by atoms with Crippen molar-refractivity contribution in [2.75, 3.05) is 13.2 Å². The number of hydrogen-bond acceptors (Lipinski definition) is 3. The molecule has 106 valence electrons. The number of hydrogen-bond donors (Lipinski definition) is 1. The van der Waals surface area contributed by atoms with Crippen LogP contribution in [0.1, 0.15) is 32.3 Å². The third kappa shape index (κ3) is 4.48. The maximum Gasteiger partial charge on any atom is 0.0669 e. The van der Waals surface area contributed by atoms with Crippen molar-refractivity contribution < 1.29 is 4.74 Å². The summed E-state index contributed by atoms with van der Waals surface area (Å²) < 4.78 is 6.82. The van der Waals surface area contributed by atoms with E-state index in [0.717, 1.165) is 26.1 Å². The number of ether oxygens (including phenoxy) is 1. The predicted molar refractivity (Wildman–Crippen MR) is 85.8 cm³/mol. The van der Waals surface area contributed by atoms with Crippen molar-refractivity contribution >= 4 is 27.7 Å². The van der Waals surface area contributed by atoms with Gasteiger partial charge in [0.2, 0.25) is 0 Å². The molecule has 2 rings (SSSR count). The molecule has 0 bridgehead atoms. The maximum absolute atomic E-state index is 5.61. The highest BCUT2D eigenvalue weighted by atomic mass is 79.9. The zero-order valence-corrected chi connectivity index (χ0v) is 14.0. The van der Waals surface area contributed by atoms with Gasteiger partial charge in [-0.25, -0.2) is 0 Å². The smallest absolute Gasteiger partial charge is 0.0669 e. The molecule has 2 nitrogen and oxygen atoms in total. The second-order valence-corrected chi connectivity index (χ2v) is 7.12. The fourth-order valence-corrected chi connectivity index (χ4v) is 4.02. The lowest BCUT2D eigenvalue weighted by Crippen LogP contribution is -2.14. The normalized spacial score (nSPS) is 22.9. The molecule has 0 spiro atoms. The molecule has 1 saturated heterocycles. The Kier molecular flexibility index (Phi) is 6.20. The fourth-order valence-electron chi connectivity index (χ4n) is 2.19. The van der Waals surface area contributed by atoms with E-state index in [1.54, 1.807) is 0 Å². The zero-order valence-electron chi connectivity index (χ0n) is 11.6. The third-order valence-electron chi connectivity index (χ3n) is 3.36. The first-order chi connectivity index (χ1) is 9.20. The quantitative estimate of drug-likeness (QED) is 0.781. The van der Waals surface area contributed by atoms with Crippen LogP contribution in [0.2, 0.25) is 0 Å². The van der Waals surface area contributed by atoms with Crippen LogP contribution in [0.15, 0.2) is 27.6 Å². The molecule has 1 aromatic rings. The van der Waals surface area contributed by atoms with Gasteiger partial charge in [-0.1, -0.05) is 28.9 Å². The highest BCUT2D eigenvalue weighted by Gasteiger charge is 2.25. The van der Waals surface area contributed by atoms with Gasteiger partial charge in [-0.2, -0.15) is 0 Å². The van der Waals surface area contributed by atoms with Gasteiger partial charge < -0.3 is 10.1 Å². The Labute approximate surface area is 128 Å². The number of halogens is 1. The summed E-state index contributed by atoms with van der Waals surface area (Å²) in [5.41, 5.74) is 1.33. The summed E-state index contributed by atoms with van der Waals surface area (Å²) in [6.45, 7) is 7.26. The molecule has 2 atom stereocenters. The Hall–Kier alpha value is -0.0300. The van der Waals surface area contributed by atoms with Crippen LogP contribution in [0.4, 0.5) is 0 Å². The minimum absolute atomic E-state index is 0.370. The van der Waals surface area contributed by atoms with E-state index in [1.807, 2.05) is 11.8 Å². The van der Waals surface area contributed by atoms with E-state index in [0.29, 0.717) is 11.4 Å². The van der Waals surface area contributed by atoms with Crippen LogP contribution >= 0.6 is 27.7 Å². The van der Waals surface area contributed by atoms with Crippen LogP contribution in [-0.4, -0.2) is 24.5 Å². The Morgan fingerprint density at radius 1 is 1.47 bits per heavy atom. The molecule has 1 aliphatic heterocycles. The first kappa shape index (κ1) is 15.4. The Morgan fingerprint density at radius 3 is 2.95 bits per heavy atom. The molecule has 0 amide bonds. The average Bonchev–Trinajstić information content (AvgIpc) is 2.78. The van der Waals surface area contributed by atoms with E-state index < -0.39 is 0 Å². The summed E-state index contributed by atoms with van der Waals surface area (Å²) in [4.78, 5) is 1.33. The van der Waals surface area contributed by atoms with E-state index in [2.05, 4.69) is 53.3 Å². The van der Waals surface area contributed by atoms with Crippen molar-refractivity contribution in [1.29, 1.82) is 0 Å². The summed E-state index contributed by atoms with van der Waals surface area (Å²) in [5.74, 6) is 0. The molecule has 1 aromatic carbocycles. The summed E-state index contributed by atoms with van der Waals surface area (Å²) >= 11 is 5.61. The van der Waals surface area contributed by atoms with Crippen molar-refractivity contribution in [2.45, 2.75) is 49.5 Å². The lowest BCUT2D eigenvalue weighted by molar-refractivity contribution is 0.127. The molecule has 1 fully saturated rings. The van der Waals surface area contributed by atoms with Gasteiger partial charge in [0.25, 0.3) is 0 Å². The molecule has 19 heavy (non-hydrogen) atoms. The van der Waals surface area contributed by atoms with Crippen molar-refractivity contribution in [3.63, 3.8) is 0 Å². The maximum atomic E-state index is 5.61. The van der Waals surface area contributed by atoms with Crippen molar-refractivity contribution in [1.82, 2.24) is 5.32 Å². The molecule has 1 N–H and O–H groups in total. The van der Waals surface area contributed by atoms with Gasteiger partial charge in [0.1, 0.15) is 0 Å². The van der Waals surface area contributed by atoms with Gasteiger partial charge in [-0.15, -0.1) is 11.8 Å². The van der Waals surface area contributed by atoms with E-state index in [9.17, 15) is 0 Å². The van der Waals surface area contributed by atoms with Crippen LogP contribution in [0.3, 0.4) is 0 Å². The molecule has 0 aliphatic carbocycles. The molecule has 2 unspecified atom stereocenters. The Morgan fingerprint density at radius 2 is 2.32 bits per heavy atom. The summed E-state index contributed by atoms with van der Waals surface area (Å²) in [6, 6.07) is 6.68. The van der Waals surface area contributed by atoms with E-state index in [1.165, 1.54) is 21.4 Å². The number of benzene rings is 1. The summed E-state index contributed by atoms with van der Waals surface area (Å²) in [6.07, 6.45) is 2.70. The second-order valence-electron chi connectivity index (χ2n) is 4.95. The van der Waals surface area contributed by atoms with Gasteiger partial charge >= 0.3 is 0 Å². The molecule has 1 heterocycles. The minimum Gasteiger partial charge on any atom is -0.377 e. The van der Waals surface area contributed by atoms with Gasteiger partial charge in [-0.3, -0.25) is 0 Å². The number of nitrogens with one attached hydrogen (secondary N) is 1. The lowest BCUT2D eigenvalue weighted by Gasteiger charge is -2.14. The number of thioether (sulfide) groups is 1. The predicted octanol–water partition coefficient (Wildman–Crippen LogP) is 4.22. The van der Waals surface area contributed by atoms with E-state index >= 15 is 0 Å². The number of rotatable bonds is 6. The molecule has 0 radical (unpaired) electrons. The minimum atomic E-state index is 0.370. The van der Waals surface area contributed by atoms with Crippen LogP contribution in [0.5, 0.6) is 0 Å². The first-order valence-corrected chi connectivity index (χ1v) is 8.65. The molecular weight excluding hydrogens is 322 g/mol. The van der Waals surface area contributed by atoms with Crippen molar-refractivity contribution in [2.24, 2.45) is 0 Å². The SMILES string of the molecule is CCCNCc1ccc(SC2CCOC2C)cc1Br. The van der Waals surface area contributed by atoms with Crippen molar-refractivity contribution in [3.8, 4) is 0 Å². The molecule has 0 saturated carbocycles. The molecular formula is C15H22BrNOS. The summed E-state index contributed by atoms with van der Waals surface area (Å²) in [5, 5.41) is 4.03. The van der Waals surface area contributed by atoms with E-state index in [-0.39, 0.29) is 0 Å². The molecule has 0 aromatic heterocycles. The second kappa shape index (κ2) is 7.67. The Balaban J connectivity index is 1.94. The highest BCUT2D eigenvalue weighted by Crippen LogP contribution is 2.34. The largest absolute Gasteiger partial charge is 0.377 e. The zero-order chi connectivity index (χ0) is 13.7. The van der Waals surface area contributed by atoms with Crippen LogP contribution < -0.4 is 5.32 Å². The monoisotopic (exact) mass is 343 g/mol. The van der Waals surface area contributed by atoms with Gasteiger partial charge in [-0.05, 0) is 44.0 Å². The standard InChI is InChI=1S/C15H22BrNOS/c1-3-7-17-10-12-4-5-13(9-14(12)16)19-15-6-8-18-11(15)2/h4-5,9,11,15,17H,3,6-8,10H2,1-2H3. The van der Waals surface area contributed by atoms with Crippen LogP contribution in [-0.2, 0) is 11.3 Å². The van der Waals surface area contributed by atoms with Gasteiger partial charge in [0.15, 0.2) is 0 Å². The summed E-state index contributed by atoms with van der Waals surface area (Å²) in [7, 11) is 0. The lowest BCUT2D eigenvalue weighted by atomic mass is 10.2. The Bertz CT molecular complexity index is 413. The van der Waals surface area contributed by atoms with Crippen molar-refractivity contribution in [3.05, 3.63) is 28.2 Å². The van der Waals surface area contributed by atoms with Crippen LogP contribution in [0.25, 0.3) is 0 Å². The van der Waals surface area contributed by atoms with Crippen LogP contribution in [0, 0.1) is 0 Å². The first-order valence-electron chi connectivity index (χ1n) is 6.98. The third-order valence-corrected chi connectivity index (χ3v) is 5.55. The molecule has 1 aliphatic rings. The van der Waals surface area contributed by atoms with Gasteiger partial charge in [0, 0.05) is 27.8 Å². The van der Waals surface area contributed by atoms with Gasteiger partial charge in [0.05, 0.1) is 6.10 Å². The molecule has 4 heteroatoms.